The summed E-state index contributed by atoms with van der Waals surface area (Å²) in [5, 5.41) is 0.834. The number of Topliss-reactive ketones (excluding diaryl/α,β-unsaturated/α-hetero) is 1. The van der Waals surface area contributed by atoms with E-state index in [1.54, 1.807) is 15.7 Å². The molecule has 0 saturated carbocycles. The fourth-order valence-electron chi connectivity index (χ4n) is 3.26. The summed E-state index contributed by atoms with van der Waals surface area (Å²) in [6.45, 7) is 2.15. The lowest BCUT2D eigenvalue weighted by molar-refractivity contribution is -0.137. The summed E-state index contributed by atoms with van der Waals surface area (Å²) in [5.41, 5.74) is 6.80. The van der Waals surface area contributed by atoms with Gasteiger partial charge in [-0.05, 0) is 25.8 Å². The van der Waals surface area contributed by atoms with Crippen LogP contribution in [0.5, 0.6) is 0 Å². The first-order valence-electron chi connectivity index (χ1n) is 7.66. The molecule has 23 heavy (non-hydrogen) atoms. The number of aromatic nitrogens is 1. The predicted molar refractivity (Wildman–Crippen MR) is 85.9 cm³/mol. The highest BCUT2D eigenvalue weighted by molar-refractivity contribution is 6.07. The highest BCUT2D eigenvalue weighted by Crippen LogP contribution is 2.23. The Hall–Kier alpha value is -2.63. The predicted octanol–water partition coefficient (Wildman–Crippen LogP) is 1.32. The van der Waals surface area contributed by atoms with Gasteiger partial charge < -0.3 is 15.2 Å². The zero-order chi connectivity index (χ0) is 16.6. The number of nitrogens with zero attached hydrogens (tertiary/aromatic N) is 2. The van der Waals surface area contributed by atoms with Gasteiger partial charge in [0, 0.05) is 29.2 Å². The Kier molecular flexibility index (Phi) is 3.90. The van der Waals surface area contributed by atoms with Crippen LogP contribution in [0.3, 0.4) is 0 Å². The molecule has 1 fully saturated rings. The van der Waals surface area contributed by atoms with Gasteiger partial charge in [0.2, 0.25) is 11.8 Å². The zero-order valence-corrected chi connectivity index (χ0v) is 13.0. The second-order valence-corrected chi connectivity index (χ2v) is 5.89. The third-order valence-corrected chi connectivity index (χ3v) is 4.38. The molecule has 1 aromatic carbocycles. The number of rotatable bonds is 4. The number of amides is 2. The Morgan fingerprint density at radius 3 is 2.70 bits per heavy atom. The molecule has 3 rings (SSSR count). The summed E-state index contributed by atoms with van der Waals surface area (Å²) in [4.78, 5) is 37.3. The van der Waals surface area contributed by atoms with Crippen molar-refractivity contribution in [2.75, 3.05) is 6.54 Å². The lowest BCUT2D eigenvalue weighted by Gasteiger charge is -2.22. The SMILES string of the molecule is CC(=O)c1cn(CC(=O)N2CCCC2C(N)=O)c2ccccc12. The average molecular weight is 313 g/mol. The number of primary amides is 1. The maximum absolute atomic E-state index is 12.6. The number of benzene rings is 1. The number of carbonyl (C=O) groups excluding carboxylic acids is 3. The van der Waals surface area contributed by atoms with Gasteiger partial charge in [-0.2, -0.15) is 0 Å². The van der Waals surface area contributed by atoms with Crippen molar-refractivity contribution in [1.82, 2.24) is 9.47 Å². The second kappa shape index (κ2) is 5.87. The fourth-order valence-corrected chi connectivity index (χ4v) is 3.26. The van der Waals surface area contributed by atoms with Gasteiger partial charge in [0.1, 0.15) is 12.6 Å². The number of nitrogens with two attached hydrogens (primary N) is 1. The van der Waals surface area contributed by atoms with Crippen molar-refractivity contribution < 1.29 is 14.4 Å². The number of fused-ring (bicyclic) bond motifs is 1. The Morgan fingerprint density at radius 2 is 2.00 bits per heavy atom. The maximum Gasteiger partial charge on any atom is 0.243 e. The van der Waals surface area contributed by atoms with Gasteiger partial charge in [-0.25, -0.2) is 0 Å². The Balaban J connectivity index is 1.91. The normalized spacial score (nSPS) is 17.6. The highest BCUT2D eigenvalue weighted by atomic mass is 16.2. The average Bonchev–Trinajstić information content (AvgIpc) is 3.12. The molecule has 2 aromatic rings. The van der Waals surface area contributed by atoms with Crippen LogP contribution in [-0.2, 0) is 16.1 Å². The number of ketones is 1. The first kappa shape index (κ1) is 15.3. The van der Waals surface area contributed by atoms with Gasteiger partial charge in [0.15, 0.2) is 5.78 Å². The molecule has 0 spiro atoms. The molecule has 1 atom stereocenters. The smallest absolute Gasteiger partial charge is 0.243 e. The summed E-state index contributed by atoms with van der Waals surface area (Å²) >= 11 is 0. The molecule has 1 unspecified atom stereocenters. The summed E-state index contributed by atoms with van der Waals surface area (Å²) in [6, 6.07) is 6.97. The quantitative estimate of drug-likeness (QED) is 0.864. The van der Waals surface area contributed by atoms with E-state index < -0.39 is 11.9 Å². The molecular weight excluding hydrogens is 294 g/mol. The number of para-hydroxylation sites is 1. The fraction of sp³-hybridized carbons (Fsp3) is 0.353. The summed E-state index contributed by atoms with van der Waals surface area (Å²) in [6.07, 6.45) is 3.11. The van der Waals surface area contributed by atoms with E-state index in [9.17, 15) is 14.4 Å². The third kappa shape index (κ3) is 2.72. The molecule has 0 radical (unpaired) electrons. The Labute approximate surface area is 133 Å². The molecular formula is C17H19N3O3. The number of carbonyl (C=O) groups is 3. The van der Waals surface area contributed by atoms with Crippen LogP contribution in [-0.4, -0.2) is 39.7 Å². The molecule has 2 heterocycles. The minimum atomic E-state index is -0.517. The summed E-state index contributed by atoms with van der Waals surface area (Å²) in [7, 11) is 0. The molecule has 2 N–H and O–H groups in total. The van der Waals surface area contributed by atoms with E-state index in [0.717, 1.165) is 17.3 Å². The minimum absolute atomic E-state index is 0.0383. The van der Waals surface area contributed by atoms with Crippen molar-refractivity contribution in [3.63, 3.8) is 0 Å². The van der Waals surface area contributed by atoms with Crippen LogP contribution in [0.2, 0.25) is 0 Å². The standard InChI is InChI=1S/C17H19N3O3/c1-11(21)13-9-19(14-6-3-2-5-12(13)14)10-16(22)20-8-4-7-15(20)17(18)23/h2-3,5-6,9,15H,4,7-8,10H2,1H3,(H2,18,23). The molecule has 0 bridgehead atoms. The highest BCUT2D eigenvalue weighted by Gasteiger charge is 2.32. The van der Waals surface area contributed by atoms with E-state index >= 15 is 0 Å². The van der Waals surface area contributed by atoms with E-state index in [2.05, 4.69) is 0 Å². The molecule has 6 nitrogen and oxygen atoms in total. The van der Waals surface area contributed by atoms with Crippen molar-refractivity contribution in [3.05, 3.63) is 36.0 Å². The number of hydrogen-bond donors (Lipinski definition) is 1. The van der Waals surface area contributed by atoms with Gasteiger partial charge in [0.25, 0.3) is 0 Å². The van der Waals surface area contributed by atoms with Gasteiger partial charge in [-0.3, -0.25) is 14.4 Å². The lowest BCUT2D eigenvalue weighted by Crippen LogP contribution is -2.44. The van der Waals surface area contributed by atoms with Crippen molar-refractivity contribution in [2.45, 2.75) is 32.4 Å². The first-order chi connectivity index (χ1) is 11.0. The van der Waals surface area contributed by atoms with Crippen molar-refractivity contribution in [2.24, 2.45) is 5.73 Å². The summed E-state index contributed by atoms with van der Waals surface area (Å²) in [5.74, 6) is -0.650. The van der Waals surface area contributed by atoms with Gasteiger partial charge in [-0.1, -0.05) is 18.2 Å². The van der Waals surface area contributed by atoms with E-state index in [4.69, 9.17) is 5.73 Å². The van der Waals surface area contributed by atoms with E-state index in [1.807, 2.05) is 24.3 Å². The monoisotopic (exact) mass is 313 g/mol. The van der Waals surface area contributed by atoms with Crippen molar-refractivity contribution in [3.8, 4) is 0 Å². The number of likely N-dealkylation sites (tertiary alicyclic amines) is 1. The van der Waals surface area contributed by atoms with Crippen LogP contribution < -0.4 is 5.73 Å². The Morgan fingerprint density at radius 1 is 1.26 bits per heavy atom. The molecule has 6 heteroatoms. The van der Waals surface area contributed by atoms with E-state index in [1.165, 1.54) is 6.92 Å². The largest absolute Gasteiger partial charge is 0.368 e. The third-order valence-electron chi connectivity index (χ3n) is 4.38. The maximum atomic E-state index is 12.6. The molecule has 1 aliphatic rings. The van der Waals surface area contributed by atoms with Crippen LogP contribution >= 0.6 is 0 Å². The second-order valence-electron chi connectivity index (χ2n) is 5.89. The van der Waals surface area contributed by atoms with Crippen molar-refractivity contribution >= 4 is 28.5 Å². The van der Waals surface area contributed by atoms with Crippen LogP contribution in [0.4, 0.5) is 0 Å². The summed E-state index contributed by atoms with van der Waals surface area (Å²) < 4.78 is 1.77. The Bertz CT molecular complexity index is 793. The van der Waals surface area contributed by atoms with Gasteiger partial charge in [0.05, 0.1) is 0 Å². The minimum Gasteiger partial charge on any atom is -0.368 e. The van der Waals surface area contributed by atoms with Crippen LogP contribution in [0.15, 0.2) is 30.5 Å². The molecule has 0 aliphatic carbocycles. The topological polar surface area (TPSA) is 85.4 Å². The number of hydrogen-bond acceptors (Lipinski definition) is 3. The lowest BCUT2D eigenvalue weighted by atomic mass is 10.1. The molecule has 2 amide bonds. The van der Waals surface area contributed by atoms with E-state index in [-0.39, 0.29) is 18.2 Å². The van der Waals surface area contributed by atoms with Gasteiger partial charge in [-0.15, -0.1) is 0 Å². The molecule has 1 aromatic heterocycles. The van der Waals surface area contributed by atoms with Crippen LogP contribution in [0.25, 0.3) is 10.9 Å². The molecule has 1 saturated heterocycles. The van der Waals surface area contributed by atoms with E-state index in [0.29, 0.717) is 18.5 Å². The van der Waals surface area contributed by atoms with Crippen LogP contribution in [0.1, 0.15) is 30.1 Å². The zero-order valence-electron chi connectivity index (χ0n) is 13.0. The molecule has 1 aliphatic heterocycles. The van der Waals surface area contributed by atoms with Crippen molar-refractivity contribution in [1.29, 1.82) is 0 Å². The molecule has 120 valence electrons. The first-order valence-corrected chi connectivity index (χ1v) is 7.66. The van der Waals surface area contributed by atoms with Crippen LogP contribution in [0, 0.1) is 0 Å². The van der Waals surface area contributed by atoms with Gasteiger partial charge >= 0.3 is 0 Å².